The first-order valence-electron chi connectivity index (χ1n) is 20.2. The van der Waals surface area contributed by atoms with Gasteiger partial charge in [-0.25, -0.2) is 0 Å². The van der Waals surface area contributed by atoms with E-state index in [9.17, 15) is 39.0 Å². The van der Waals surface area contributed by atoms with E-state index in [-0.39, 0.29) is 62.8 Å². The van der Waals surface area contributed by atoms with Crippen LogP contribution < -0.4 is 47.7 Å². The maximum absolute atomic E-state index is 13.1. The molecular formula is C47H52N6O9. The van der Waals surface area contributed by atoms with Crippen molar-refractivity contribution in [1.82, 2.24) is 9.80 Å². The van der Waals surface area contributed by atoms with Gasteiger partial charge >= 0.3 is 0 Å². The lowest BCUT2D eigenvalue weighted by Gasteiger charge is -2.36. The van der Waals surface area contributed by atoms with Crippen molar-refractivity contribution in [3.05, 3.63) is 142 Å². The van der Waals surface area contributed by atoms with Gasteiger partial charge in [0.2, 0.25) is 0 Å². The van der Waals surface area contributed by atoms with E-state index in [0.29, 0.717) is 31.4 Å². The molecule has 0 fully saturated rings. The molecule has 0 bridgehead atoms. The summed E-state index contributed by atoms with van der Waals surface area (Å²) in [5.74, 6) is -0.920. The second kappa shape index (κ2) is 17.8. The highest BCUT2D eigenvalue weighted by Gasteiger charge is 2.34. The van der Waals surface area contributed by atoms with E-state index in [4.69, 9.17) is 4.74 Å². The Morgan fingerprint density at radius 2 is 1.19 bits per heavy atom. The molecule has 5 aromatic rings. The fraction of sp³-hybridized carbons (Fsp3) is 0.319. The zero-order valence-corrected chi connectivity index (χ0v) is 36.1. The average Bonchev–Trinajstić information content (AvgIpc) is 3.25. The Morgan fingerprint density at radius 1 is 0.710 bits per heavy atom. The molecule has 1 unspecified atom stereocenters. The van der Waals surface area contributed by atoms with Crippen LogP contribution in [-0.4, -0.2) is 73.2 Å². The number of hydrogen-bond acceptors (Lipinski definition) is 13. The van der Waals surface area contributed by atoms with Gasteiger partial charge in [-0.15, -0.1) is 0 Å². The van der Waals surface area contributed by atoms with Crippen LogP contribution in [0.5, 0.6) is 17.2 Å². The summed E-state index contributed by atoms with van der Waals surface area (Å²) in [7, 11) is 7.79. The van der Waals surface area contributed by atoms with Gasteiger partial charge in [0.15, 0.2) is 11.5 Å². The number of aromatic hydroxyl groups is 2. The number of carbonyl (C=O) groups excluding carboxylic acids is 2. The Balaban J connectivity index is 1.24. The zero-order valence-electron chi connectivity index (χ0n) is 36.1. The molecule has 0 aliphatic heterocycles. The van der Waals surface area contributed by atoms with Crippen molar-refractivity contribution < 1.29 is 24.5 Å². The molecule has 324 valence electrons. The quantitative estimate of drug-likeness (QED) is 0.0477. The van der Waals surface area contributed by atoms with Crippen molar-refractivity contribution in [2.24, 2.45) is 5.41 Å². The van der Waals surface area contributed by atoms with E-state index in [2.05, 4.69) is 33.4 Å². The molecule has 1 aliphatic carbocycles. The molecule has 1 aliphatic rings. The molecule has 0 aromatic heterocycles. The number of phenolic OH excluding ortho intramolecular Hbond substituents is 2. The lowest BCUT2D eigenvalue weighted by molar-refractivity contribution is 0.0817. The third-order valence-corrected chi connectivity index (χ3v) is 11.0. The van der Waals surface area contributed by atoms with Gasteiger partial charge in [-0.2, -0.15) is 0 Å². The molecule has 62 heavy (non-hydrogen) atoms. The predicted octanol–water partition coefficient (Wildman–Crippen LogP) is 6.30. The van der Waals surface area contributed by atoms with Crippen LogP contribution in [0.4, 0.5) is 34.1 Å². The maximum atomic E-state index is 13.1. The molecule has 2 atom stereocenters. The van der Waals surface area contributed by atoms with Gasteiger partial charge in [-0.1, -0.05) is 62.8 Å². The number of benzene rings is 3. The minimum absolute atomic E-state index is 0.00765. The number of carbonyl (C=O) groups is 2. The van der Waals surface area contributed by atoms with Crippen molar-refractivity contribution >= 4 is 45.9 Å². The third kappa shape index (κ3) is 8.97. The SMILES string of the molecule is COc1ccc(C(CCC2=CCCC([C@H](Nc3c(Nc4cccc(C(=O)N(C)C)c4O)c(=O)c3=O)C(C)(C)C)=C2)Nc2c(Nc3cccc(C(=O)N(C)C)c3O)c(=O)c2=O)cc1. The smallest absolute Gasteiger partial charge is 0.257 e. The summed E-state index contributed by atoms with van der Waals surface area (Å²) in [4.78, 5) is 80.0. The highest BCUT2D eigenvalue weighted by Crippen LogP contribution is 2.39. The first kappa shape index (κ1) is 44.4. The van der Waals surface area contributed by atoms with Crippen LogP contribution in [0, 0.1) is 5.41 Å². The van der Waals surface area contributed by atoms with Crippen LogP contribution >= 0.6 is 0 Å². The van der Waals surface area contributed by atoms with Crippen molar-refractivity contribution in [1.29, 1.82) is 0 Å². The fourth-order valence-corrected chi connectivity index (χ4v) is 7.53. The number of para-hydroxylation sites is 2. The summed E-state index contributed by atoms with van der Waals surface area (Å²) in [5, 5.41) is 34.3. The molecule has 0 spiro atoms. The Bertz CT molecular complexity index is 2730. The number of rotatable bonds is 16. The lowest BCUT2D eigenvalue weighted by Crippen LogP contribution is -2.43. The highest BCUT2D eigenvalue weighted by atomic mass is 16.5. The molecule has 15 nitrogen and oxygen atoms in total. The molecule has 0 saturated carbocycles. The Hall–Kier alpha value is -7.16. The summed E-state index contributed by atoms with van der Waals surface area (Å²) >= 11 is 0. The maximum Gasteiger partial charge on any atom is 0.257 e. The first-order valence-corrected chi connectivity index (χ1v) is 20.2. The van der Waals surface area contributed by atoms with E-state index in [1.54, 1.807) is 59.6 Å². The van der Waals surface area contributed by atoms with Crippen LogP contribution in [0.1, 0.15) is 78.8 Å². The largest absolute Gasteiger partial charge is 0.505 e. The Labute approximate surface area is 358 Å². The number of methoxy groups -OCH3 is 1. The predicted molar refractivity (Wildman–Crippen MR) is 242 cm³/mol. The molecule has 6 N–H and O–H groups in total. The van der Waals surface area contributed by atoms with Gasteiger partial charge in [0.05, 0.1) is 41.7 Å². The zero-order chi connectivity index (χ0) is 45.2. The Morgan fingerprint density at radius 3 is 1.66 bits per heavy atom. The monoisotopic (exact) mass is 844 g/mol. The normalized spacial score (nSPS) is 13.7. The van der Waals surface area contributed by atoms with Gasteiger partial charge in [0, 0.05) is 28.2 Å². The van der Waals surface area contributed by atoms with Gasteiger partial charge in [0.25, 0.3) is 33.5 Å². The summed E-state index contributed by atoms with van der Waals surface area (Å²) in [5.41, 5.74) is -0.154. The summed E-state index contributed by atoms with van der Waals surface area (Å²) in [6, 6.07) is 15.6. The second-order valence-electron chi connectivity index (χ2n) is 16.9. The Kier molecular flexibility index (Phi) is 12.8. The standard InChI is InChI=1S/C47H52N6O9/c1-47(2,3)44(51-37-36(42(58)43(37)59)50-33-17-11-15-30(39(33)55)46(61)53(6)7)27-13-9-12-25(24-27)18-23-31(26-19-21-28(62-8)22-20-26)48-34-35(41(57)40(34)56)49-32-16-10-14-29(38(32)54)45(60)52(4)5/h10-12,14-17,19-22,24,31,44,48-51,54-55H,9,13,18,23H2,1-8H3/t31?,44-/m0/s1. The van der Waals surface area contributed by atoms with E-state index in [1.165, 1.54) is 34.1 Å². The fourth-order valence-electron chi connectivity index (χ4n) is 7.53. The summed E-state index contributed by atoms with van der Waals surface area (Å²) in [6.07, 6.45) is 6.65. The topological polar surface area (TPSA) is 207 Å². The molecule has 6 rings (SSSR count). The lowest BCUT2D eigenvalue weighted by atomic mass is 9.78. The van der Waals surface area contributed by atoms with E-state index in [1.807, 2.05) is 32.9 Å². The van der Waals surface area contributed by atoms with Crippen LogP contribution in [0.3, 0.4) is 0 Å². The van der Waals surface area contributed by atoms with Crippen molar-refractivity contribution in [2.45, 2.75) is 58.5 Å². The van der Waals surface area contributed by atoms with E-state index in [0.717, 1.165) is 16.7 Å². The number of nitrogens with one attached hydrogen (secondary N) is 4. The number of nitrogens with zero attached hydrogens (tertiary/aromatic N) is 2. The van der Waals surface area contributed by atoms with Crippen molar-refractivity contribution in [2.75, 3.05) is 56.6 Å². The van der Waals surface area contributed by atoms with Crippen LogP contribution in [0.2, 0.25) is 0 Å². The van der Waals surface area contributed by atoms with Gasteiger partial charge in [-0.05, 0) is 78.6 Å². The van der Waals surface area contributed by atoms with Crippen LogP contribution in [-0.2, 0) is 0 Å². The molecule has 0 heterocycles. The molecule has 0 saturated heterocycles. The second-order valence-corrected chi connectivity index (χ2v) is 16.9. The minimum atomic E-state index is -0.766. The van der Waals surface area contributed by atoms with E-state index < -0.39 is 45.0 Å². The molecular weight excluding hydrogens is 793 g/mol. The first-order chi connectivity index (χ1) is 29.3. The minimum Gasteiger partial charge on any atom is -0.505 e. The number of hydrogen-bond donors (Lipinski definition) is 6. The van der Waals surface area contributed by atoms with Gasteiger partial charge in [-0.3, -0.25) is 28.8 Å². The van der Waals surface area contributed by atoms with Crippen LogP contribution in [0.25, 0.3) is 0 Å². The summed E-state index contributed by atoms with van der Waals surface area (Å²) in [6.45, 7) is 6.08. The molecule has 15 heteroatoms. The molecule has 0 radical (unpaired) electrons. The average molecular weight is 845 g/mol. The van der Waals surface area contributed by atoms with Crippen molar-refractivity contribution in [3.8, 4) is 17.2 Å². The molecule has 5 aromatic carbocycles. The molecule has 2 amide bonds. The van der Waals surface area contributed by atoms with Gasteiger partial charge in [0.1, 0.15) is 28.5 Å². The summed E-state index contributed by atoms with van der Waals surface area (Å²) < 4.78 is 5.38. The van der Waals surface area contributed by atoms with Crippen LogP contribution in [0.15, 0.2) is 103 Å². The number of phenols is 2. The number of amides is 2. The highest BCUT2D eigenvalue weighted by molar-refractivity contribution is 6.00. The van der Waals surface area contributed by atoms with Crippen molar-refractivity contribution in [3.63, 3.8) is 0 Å². The number of anilines is 6. The van der Waals surface area contributed by atoms with E-state index >= 15 is 0 Å². The number of allylic oxidation sites excluding steroid dienone is 3. The number of ether oxygens (including phenoxy) is 1. The third-order valence-electron chi connectivity index (χ3n) is 11.0. The van der Waals surface area contributed by atoms with Gasteiger partial charge < -0.3 is 46.0 Å².